The third-order valence-electron chi connectivity index (χ3n) is 9.31. The molecule has 4 rings (SSSR count). The van der Waals surface area contributed by atoms with Crippen LogP contribution in [-0.2, 0) is 14.4 Å². The second-order valence-electron chi connectivity index (χ2n) is 13.4. The minimum absolute atomic E-state index is 0.0180. The molecule has 0 amide bonds. The van der Waals surface area contributed by atoms with Crippen molar-refractivity contribution in [3.8, 4) is 0 Å². The van der Waals surface area contributed by atoms with Crippen LogP contribution in [-0.4, -0.2) is 17.3 Å². The van der Waals surface area contributed by atoms with Gasteiger partial charge in [0, 0.05) is 23.3 Å². The average molecular weight is 478 g/mol. The molecule has 0 saturated heterocycles. The summed E-state index contributed by atoms with van der Waals surface area (Å²) in [6.45, 7) is 13.3. The molecule has 3 saturated carbocycles. The first-order chi connectivity index (χ1) is 16.3. The van der Waals surface area contributed by atoms with E-state index in [1.165, 1.54) is 0 Å². The van der Waals surface area contributed by atoms with Gasteiger partial charge in [0.05, 0.1) is 5.57 Å². The highest BCUT2D eigenvalue weighted by molar-refractivity contribution is 6.27. The second-order valence-corrected chi connectivity index (χ2v) is 13.4. The van der Waals surface area contributed by atoms with E-state index in [1.54, 1.807) is 30.4 Å². The van der Waals surface area contributed by atoms with Crippen LogP contribution in [0.2, 0.25) is 0 Å². The van der Waals surface area contributed by atoms with E-state index in [2.05, 4.69) is 41.5 Å². The molecular formula is C31H41O4-. The van der Waals surface area contributed by atoms with Crippen molar-refractivity contribution in [2.24, 2.45) is 46.3 Å². The van der Waals surface area contributed by atoms with Gasteiger partial charge in [-0.1, -0.05) is 65.8 Å². The number of rotatable bonds is 3. The minimum Gasteiger partial charge on any atom is -0.875 e. The number of ketones is 3. The third-order valence-corrected chi connectivity index (χ3v) is 9.31. The van der Waals surface area contributed by atoms with Gasteiger partial charge in [0.25, 0.3) is 0 Å². The van der Waals surface area contributed by atoms with Gasteiger partial charge in [0.1, 0.15) is 0 Å². The largest absolute Gasteiger partial charge is 0.875 e. The molecule has 0 radical (unpaired) electrons. The summed E-state index contributed by atoms with van der Waals surface area (Å²) in [5.74, 6) is 0.148. The molecule has 0 spiro atoms. The Bertz CT molecular complexity index is 1020. The maximum atomic E-state index is 13.0. The Balaban J connectivity index is 1.43. The molecule has 4 nitrogen and oxygen atoms in total. The van der Waals surface area contributed by atoms with Crippen LogP contribution in [0.1, 0.15) is 80.1 Å². The topological polar surface area (TPSA) is 74.3 Å². The zero-order valence-electron chi connectivity index (χ0n) is 22.2. The van der Waals surface area contributed by atoms with Crippen molar-refractivity contribution in [1.29, 1.82) is 0 Å². The minimum atomic E-state index is -0.180. The molecule has 0 aromatic carbocycles. The number of Topliss-reactive ketones (excluding diaryl/α,β-unsaturated/α-hetero) is 3. The maximum absolute atomic E-state index is 13.0. The van der Waals surface area contributed by atoms with E-state index in [4.69, 9.17) is 0 Å². The van der Waals surface area contributed by atoms with Gasteiger partial charge in [-0.15, -0.1) is 5.76 Å². The van der Waals surface area contributed by atoms with Gasteiger partial charge in [-0.3, -0.25) is 14.4 Å². The van der Waals surface area contributed by atoms with Crippen LogP contribution in [0.5, 0.6) is 0 Å². The van der Waals surface area contributed by atoms with E-state index in [0.717, 1.165) is 38.5 Å². The van der Waals surface area contributed by atoms with E-state index in [1.807, 2.05) is 0 Å². The number of hydrogen-bond donors (Lipinski definition) is 0. The summed E-state index contributed by atoms with van der Waals surface area (Å²) >= 11 is 0. The van der Waals surface area contributed by atoms with Crippen LogP contribution in [0.4, 0.5) is 0 Å². The number of carbonyl (C=O) groups excluding carboxylic acids is 3. The predicted molar refractivity (Wildman–Crippen MR) is 136 cm³/mol. The average Bonchev–Trinajstić information content (AvgIpc) is 3.17. The molecule has 35 heavy (non-hydrogen) atoms. The molecule has 0 aromatic heterocycles. The lowest BCUT2D eigenvalue weighted by Gasteiger charge is -2.40. The molecule has 0 aliphatic heterocycles. The van der Waals surface area contributed by atoms with E-state index >= 15 is 0 Å². The molecular weight excluding hydrogens is 436 g/mol. The normalized spacial score (nSPS) is 35.6. The highest BCUT2D eigenvalue weighted by atomic mass is 16.3. The first-order valence-corrected chi connectivity index (χ1v) is 13.4. The maximum Gasteiger partial charge on any atom is 0.170 e. The quantitative estimate of drug-likeness (QED) is 0.304. The summed E-state index contributed by atoms with van der Waals surface area (Å²) in [5, 5.41) is 13.0. The lowest BCUT2D eigenvalue weighted by atomic mass is 9.66. The number of carbonyl (C=O) groups is 3. The van der Waals surface area contributed by atoms with Crippen LogP contribution in [0.15, 0.2) is 47.3 Å². The van der Waals surface area contributed by atoms with Crippen LogP contribution in [0, 0.1) is 46.3 Å². The molecule has 0 N–H and O–H groups in total. The van der Waals surface area contributed by atoms with Crippen LogP contribution >= 0.6 is 0 Å². The van der Waals surface area contributed by atoms with E-state index < -0.39 is 0 Å². The summed E-state index contributed by atoms with van der Waals surface area (Å²) in [4.78, 5) is 38.7. The van der Waals surface area contributed by atoms with Gasteiger partial charge in [-0.2, -0.15) is 0 Å². The lowest BCUT2D eigenvalue weighted by Crippen LogP contribution is -2.34. The highest BCUT2D eigenvalue weighted by Crippen LogP contribution is 2.49. The SMILES string of the molecule is CC(C)(C)C1CCC2C(=O)\C(=C/C=C/C=C/C3=C([O-])C4CC(C(C)(C)C)CCC4C3=O)C(=O)C2C1. The first kappa shape index (κ1) is 25.9. The first-order valence-electron chi connectivity index (χ1n) is 13.4. The van der Waals surface area contributed by atoms with Crippen molar-refractivity contribution in [1.82, 2.24) is 0 Å². The van der Waals surface area contributed by atoms with Crippen molar-refractivity contribution < 1.29 is 19.5 Å². The molecule has 4 aliphatic carbocycles. The second kappa shape index (κ2) is 9.33. The van der Waals surface area contributed by atoms with Gasteiger partial charge in [-0.25, -0.2) is 0 Å². The third kappa shape index (κ3) is 4.90. The smallest absolute Gasteiger partial charge is 0.170 e. The number of hydrogen-bond acceptors (Lipinski definition) is 4. The van der Waals surface area contributed by atoms with Gasteiger partial charge in [-0.05, 0) is 73.2 Å². The van der Waals surface area contributed by atoms with Crippen molar-refractivity contribution >= 4 is 17.3 Å². The molecule has 0 bridgehead atoms. The molecule has 4 heteroatoms. The van der Waals surface area contributed by atoms with Crippen molar-refractivity contribution in [2.45, 2.75) is 80.1 Å². The van der Waals surface area contributed by atoms with Gasteiger partial charge < -0.3 is 5.11 Å². The predicted octanol–water partition coefficient (Wildman–Crippen LogP) is 5.53. The Labute approximate surface area is 210 Å². The van der Waals surface area contributed by atoms with Crippen molar-refractivity contribution in [2.75, 3.05) is 0 Å². The molecule has 3 fully saturated rings. The number of allylic oxidation sites excluding steroid dienone is 8. The van der Waals surface area contributed by atoms with Crippen LogP contribution in [0.3, 0.4) is 0 Å². The molecule has 6 unspecified atom stereocenters. The summed E-state index contributed by atoms with van der Waals surface area (Å²) < 4.78 is 0. The zero-order valence-corrected chi connectivity index (χ0v) is 22.2. The van der Waals surface area contributed by atoms with E-state index in [-0.39, 0.29) is 57.6 Å². The fourth-order valence-corrected chi connectivity index (χ4v) is 6.86. The standard InChI is InChI=1S/C31H42O4/c1-30(2,3)18-12-14-20-24(16-18)28(34)22(26(20)32)10-8-7-9-11-23-27(33)21-15-13-19(31(4,5)6)17-25(21)29(23)35/h7-11,18-21,24-25,34H,12-17H2,1-6H3/p-1/b9-7+,10-8+,23-11+. The lowest BCUT2D eigenvalue weighted by molar-refractivity contribution is -0.317. The summed E-state index contributed by atoms with van der Waals surface area (Å²) in [6, 6.07) is 0. The molecule has 0 heterocycles. The van der Waals surface area contributed by atoms with Crippen molar-refractivity contribution in [3.05, 3.63) is 47.3 Å². The Kier molecular flexibility index (Phi) is 6.89. The Hall–Kier alpha value is -2.23. The van der Waals surface area contributed by atoms with Gasteiger partial charge in [0.2, 0.25) is 0 Å². The molecule has 190 valence electrons. The van der Waals surface area contributed by atoms with Crippen LogP contribution in [0.25, 0.3) is 0 Å². The molecule has 4 aliphatic rings. The number of fused-ring (bicyclic) bond motifs is 2. The fourth-order valence-electron chi connectivity index (χ4n) is 6.86. The Morgan fingerprint density at radius 2 is 1.17 bits per heavy atom. The molecule has 0 aromatic rings. The summed E-state index contributed by atoms with van der Waals surface area (Å²) in [7, 11) is 0. The zero-order chi connectivity index (χ0) is 25.7. The summed E-state index contributed by atoms with van der Waals surface area (Å²) in [5.41, 5.74) is 0.894. The highest BCUT2D eigenvalue weighted by Gasteiger charge is 2.49. The Morgan fingerprint density at radius 3 is 1.74 bits per heavy atom. The summed E-state index contributed by atoms with van der Waals surface area (Å²) in [6.07, 6.45) is 13.5. The van der Waals surface area contributed by atoms with Gasteiger partial charge >= 0.3 is 0 Å². The fraction of sp³-hybridized carbons (Fsp3) is 0.645. The van der Waals surface area contributed by atoms with E-state index in [9.17, 15) is 19.5 Å². The monoisotopic (exact) mass is 477 g/mol. The Morgan fingerprint density at radius 1 is 0.657 bits per heavy atom. The molecule has 6 atom stereocenters. The van der Waals surface area contributed by atoms with Crippen LogP contribution < -0.4 is 5.11 Å². The van der Waals surface area contributed by atoms with E-state index in [0.29, 0.717) is 23.0 Å². The van der Waals surface area contributed by atoms with Crippen molar-refractivity contribution in [3.63, 3.8) is 0 Å². The van der Waals surface area contributed by atoms with Gasteiger partial charge in [0.15, 0.2) is 17.3 Å².